The Kier molecular flexibility index (Phi) is 4.70. The van der Waals surface area contributed by atoms with Crippen molar-refractivity contribution in [1.82, 2.24) is 0 Å². The van der Waals surface area contributed by atoms with Gasteiger partial charge < -0.3 is 0 Å². The van der Waals surface area contributed by atoms with Crippen LogP contribution in [0.15, 0.2) is 10.2 Å². The summed E-state index contributed by atoms with van der Waals surface area (Å²) in [7, 11) is -2.63. The van der Waals surface area contributed by atoms with Crippen LogP contribution in [-0.4, -0.2) is 16.1 Å². The maximum atomic E-state index is 6.29. The highest BCUT2D eigenvalue weighted by molar-refractivity contribution is 6.91. The van der Waals surface area contributed by atoms with Crippen LogP contribution in [0.5, 0.6) is 0 Å². The summed E-state index contributed by atoms with van der Waals surface area (Å²) in [6.45, 7) is 15.5. The van der Waals surface area contributed by atoms with E-state index in [0.717, 1.165) is 10.2 Å². The molecule has 0 N–H and O–H groups in total. The zero-order valence-electron chi connectivity index (χ0n) is 10.4. The van der Waals surface area contributed by atoms with Crippen molar-refractivity contribution in [2.75, 3.05) is 0 Å². The first-order valence-electron chi connectivity index (χ1n) is 4.94. The summed E-state index contributed by atoms with van der Waals surface area (Å²) in [5.41, 5.74) is 4.42. The van der Waals surface area contributed by atoms with Crippen LogP contribution >= 0.6 is 11.6 Å². The molecule has 0 aromatic heterocycles. The lowest BCUT2D eigenvalue weighted by atomic mass is 10.4. The second-order valence-corrected chi connectivity index (χ2v) is 16.1. The quantitative estimate of drug-likeness (QED) is 0.478. The van der Waals surface area contributed by atoms with Crippen LogP contribution in [0, 0.1) is 11.5 Å². The van der Waals surface area contributed by atoms with E-state index >= 15 is 0 Å². The van der Waals surface area contributed by atoms with E-state index in [4.69, 9.17) is 11.6 Å². The summed E-state index contributed by atoms with van der Waals surface area (Å²) in [5, 5.41) is 0. The summed E-state index contributed by atoms with van der Waals surface area (Å²) >= 11 is 6.29. The molecule has 0 aliphatic heterocycles. The van der Waals surface area contributed by atoms with Gasteiger partial charge in [-0.15, -0.1) is 5.54 Å². The van der Waals surface area contributed by atoms with E-state index < -0.39 is 16.1 Å². The molecule has 0 aliphatic rings. The molecule has 0 amide bonds. The van der Waals surface area contributed by atoms with Gasteiger partial charge in [0.2, 0.25) is 0 Å². The fourth-order valence-corrected chi connectivity index (χ4v) is 2.70. The van der Waals surface area contributed by atoms with Gasteiger partial charge in [-0.25, -0.2) is 0 Å². The molecule has 3 heteroatoms. The summed E-state index contributed by atoms with van der Waals surface area (Å²) in [5.74, 6) is 3.22. The van der Waals surface area contributed by atoms with E-state index in [0.29, 0.717) is 0 Å². The molecule has 0 radical (unpaired) electrons. The third kappa shape index (κ3) is 5.69. The minimum absolute atomic E-state index is 1.02. The second-order valence-electron chi connectivity index (χ2n) is 5.69. The summed E-state index contributed by atoms with van der Waals surface area (Å²) < 4.78 is 1.02. The predicted molar refractivity (Wildman–Crippen MR) is 73.0 cm³/mol. The molecule has 0 heterocycles. The number of halogens is 1. The lowest BCUT2D eigenvalue weighted by Gasteiger charge is -2.15. The Bertz CT molecular complexity index is 292. The molecular weight excluding hydrogens is 224 g/mol. The van der Waals surface area contributed by atoms with E-state index in [1.165, 1.54) is 0 Å². The number of allylic oxidation sites excluding steroid dienone is 1. The van der Waals surface area contributed by atoms with Gasteiger partial charge in [-0.2, -0.15) is 0 Å². The minimum Gasteiger partial charge on any atom is -0.127 e. The Balaban J connectivity index is 4.94. The third-order valence-corrected chi connectivity index (χ3v) is 6.16. The molecule has 0 aromatic carbocycles. The Labute approximate surface area is 95.8 Å². The van der Waals surface area contributed by atoms with Crippen molar-refractivity contribution in [3.05, 3.63) is 10.2 Å². The molecule has 0 fully saturated rings. The average Bonchev–Trinajstić information content (AvgIpc) is 1.95. The van der Waals surface area contributed by atoms with Crippen LogP contribution in [-0.2, 0) is 0 Å². The Morgan fingerprint density at radius 2 is 1.43 bits per heavy atom. The molecule has 0 rings (SSSR count). The van der Waals surface area contributed by atoms with Gasteiger partial charge in [0, 0.05) is 10.2 Å². The first-order valence-corrected chi connectivity index (χ1v) is 12.3. The second kappa shape index (κ2) is 4.70. The lowest BCUT2D eigenvalue weighted by molar-refractivity contribution is 1.55. The van der Waals surface area contributed by atoms with Gasteiger partial charge >= 0.3 is 0 Å². The molecule has 80 valence electrons. The van der Waals surface area contributed by atoms with Gasteiger partial charge in [0.25, 0.3) is 0 Å². The van der Waals surface area contributed by atoms with Crippen molar-refractivity contribution in [3.63, 3.8) is 0 Å². The molecule has 0 saturated carbocycles. The highest BCUT2D eigenvalue weighted by atomic mass is 35.5. The predicted octanol–water partition coefficient (Wildman–Crippen LogP) is 4.26. The van der Waals surface area contributed by atoms with Crippen molar-refractivity contribution in [1.29, 1.82) is 0 Å². The topological polar surface area (TPSA) is 0 Å². The maximum Gasteiger partial charge on any atom is 0.129 e. The normalized spacial score (nSPS) is 14.3. The smallest absolute Gasteiger partial charge is 0.127 e. The van der Waals surface area contributed by atoms with Crippen LogP contribution in [0.2, 0.25) is 39.3 Å². The maximum absolute atomic E-state index is 6.29. The molecule has 0 unspecified atom stereocenters. The number of rotatable bonds is 1. The monoisotopic (exact) mass is 244 g/mol. The van der Waals surface area contributed by atoms with E-state index in [9.17, 15) is 0 Å². The molecule has 0 atom stereocenters. The van der Waals surface area contributed by atoms with Crippen LogP contribution in [0.25, 0.3) is 0 Å². The van der Waals surface area contributed by atoms with Gasteiger partial charge in [-0.3, -0.25) is 0 Å². The molecule has 0 aromatic rings. The van der Waals surface area contributed by atoms with Gasteiger partial charge in [0.05, 0.1) is 8.07 Å². The van der Waals surface area contributed by atoms with E-state index in [-0.39, 0.29) is 0 Å². The van der Waals surface area contributed by atoms with Gasteiger partial charge in [0.1, 0.15) is 8.07 Å². The highest BCUT2D eigenvalue weighted by Crippen LogP contribution is 2.21. The fourth-order valence-electron chi connectivity index (χ4n) is 0.899. The lowest BCUT2D eigenvalue weighted by Crippen LogP contribution is -2.22. The van der Waals surface area contributed by atoms with E-state index in [1.54, 1.807) is 0 Å². The van der Waals surface area contributed by atoms with Crippen molar-refractivity contribution < 1.29 is 0 Å². The van der Waals surface area contributed by atoms with Crippen molar-refractivity contribution >= 4 is 27.7 Å². The van der Waals surface area contributed by atoms with Crippen LogP contribution in [0.1, 0.15) is 6.92 Å². The summed E-state index contributed by atoms with van der Waals surface area (Å²) in [4.78, 5) is 0. The van der Waals surface area contributed by atoms with Crippen LogP contribution in [0.4, 0.5) is 0 Å². The van der Waals surface area contributed by atoms with E-state index in [1.807, 2.05) is 6.92 Å². The van der Waals surface area contributed by atoms with E-state index in [2.05, 4.69) is 50.7 Å². The first-order chi connectivity index (χ1) is 6.04. The molecular formula is C11H21ClSi2. The molecule has 14 heavy (non-hydrogen) atoms. The summed E-state index contributed by atoms with van der Waals surface area (Å²) in [6, 6.07) is 0. The Hall–Kier alpha value is 0.0238. The third-order valence-electron chi connectivity index (χ3n) is 1.61. The summed E-state index contributed by atoms with van der Waals surface area (Å²) in [6.07, 6.45) is 0. The zero-order valence-corrected chi connectivity index (χ0v) is 13.1. The fraction of sp³-hybridized carbons (Fsp3) is 0.636. The SMILES string of the molecule is C/C(C#C[Si](C)(C)C)=C(/Cl)[Si](C)(C)C. The Morgan fingerprint density at radius 1 is 1.00 bits per heavy atom. The minimum atomic E-state index is -1.36. The average molecular weight is 245 g/mol. The molecule has 0 spiro atoms. The molecule has 0 nitrogen and oxygen atoms in total. The van der Waals surface area contributed by atoms with Gasteiger partial charge in [0.15, 0.2) is 0 Å². The van der Waals surface area contributed by atoms with Crippen molar-refractivity contribution in [2.45, 2.75) is 46.2 Å². The van der Waals surface area contributed by atoms with Crippen molar-refractivity contribution in [2.24, 2.45) is 0 Å². The first kappa shape index (κ1) is 14.0. The standard InChI is InChI=1S/C11H21ClSi2/c1-10(8-9-13(2,3)4)11(12)14(5,6)7/h1-7H3/b11-10+. The number of hydrogen-bond acceptors (Lipinski definition) is 0. The van der Waals surface area contributed by atoms with Gasteiger partial charge in [-0.1, -0.05) is 56.8 Å². The Morgan fingerprint density at radius 3 is 1.71 bits per heavy atom. The van der Waals surface area contributed by atoms with Gasteiger partial charge in [-0.05, 0) is 6.92 Å². The van der Waals surface area contributed by atoms with Crippen LogP contribution in [0.3, 0.4) is 0 Å². The largest absolute Gasteiger partial charge is 0.129 e. The zero-order chi connectivity index (χ0) is 11.6. The highest BCUT2D eigenvalue weighted by Gasteiger charge is 2.19. The molecule has 0 saturated heterocycles. The van der Waals surface area contributed by atoms with Crippen molar-refractivity contribution in [3.8, 4) is 11.5 Å². The molecule has 0 bridgehead atoms. The number of hydrogen-bond donors (Lipinski definition) is 0. The van der Waals surface area contributed by atoms with Crippen LogP contribution < -0.4 is 0 Å². The molecule has 0 aliphatic carbocycles.